The number of hydrogen-bond donors (Lipinski definition) is 0. The summed E-state index contributed by atoms with van der Waals surface area (Å²) >= 11 is 7.06. The Hall–Kier alpha value is -5.90. The Morgan fingerprint density at radius 1 is 0.462 bits per heavy atom. The first-order chi connectivity index (χ1) is 31.9. The fourth-order valence-electron chi connectivity index (χ4n) is 9.54. The Morgan fingerprint density at radius 3 is 1.18 bits per heavy atom. The van der Waals surface area contributed by atoms with E-state index >= 15 is 0 Å². The Morgan fingerprint density at radius 2 is 0.815 bits per heavy atom. The fourth-order valence-corrected chi connectivity index (χ4v) is 21.6. The summed E-state index contributed by atoms with van der Waals surface area (Å²) in [5, 5.41) is 46.5. The van der Waals surface area contributed by atoms with Gasteiger partial charge in [-0.25, -0.2) is 0 Å². The van der Waals surface area contributed by atoms with Crippen LogP contribution in [0.1, 0.15) is 101 Å². The van der Waals surface area contributed by atoms with Crippen LogP contribution in [0.15, 0.2) is 72.3 Å². The number of fused-ring (bicyclic) bond motifs is 7. The van der Waals surface area contributed by atoms with Crippen molar-refractivity contribution in [3.63, 3.8) is 0 Å². The molecule has 0 atom stereocenters. The highest BCUT2D eigenvalue weighted by Crippen LogP contribution is 2.52. The quantitative estimate of drug-likeness (QED) is 0.0469. The molecule has 0 fully saturated rings. The van der Waals surface area contributed by atoms with Crippen LogP contribution in [0.4, 0.5) is 0 Å². The molecule has 0 saturated carbocycles. The van der Waals surface area contributed by atoms with Gasteiger partial charge in [-0.2, -0.15) is 21.0 Å². The molecule has 0 unspecified atom stereocenters. The van der Waals surface area contributed by atoms with Gasteiger partial charge in [0.1, 0.15) is 43.5 Å². The van der Waals surface area contributed by atoms with Crippen molar-refractivity contribution in [2.24, 2.45) is 0 Å². The number of nitriles is 4. The molecule has 7 heterocycles. The number of nitrogens with zero attached hydrogens (tertiary/aromatic N) is 8. The summed E-state index contributed by atoms with van der Waals surface area (Å²) in [6.07, 6.45) is 25.3. The van der Waals surface area contributed by atoms with Crippen molar-refractivity contribution in [1.29, 1.82) is 21.0 Å². The van der Waals surface area contributed by atoms with Crippen LogP contribution in [0.2, 0.25) is 12.1 Å². The molecule has 1 aliphatic heterocycles. The second-order valence-electron chi connectivity index (χ2n) is 16.9. The lowest BCUT2D eigenvalue weighted by Crippen LogP contribution is -2.54. The highest BCUT2D eigenvalue weighted by atomic mass is 32.1. The molecule has 65 heavy (non-hydrogen) atoms. The molecule has 8 aromatic rings. The lowest BCUT2D eigenvalue weighted by Gasteiger charge is -2.29. The van der Waals surface area contributed by atoms with Crippen LogP contribution < -0.4 is 10.4 Å². The van der Waals surface area contributed by atoms with E-state index in [9.17, 15) is 21.0 Å². The average molecular weight is 939 g/mol. The van der Waals surface area contributed by atoms with Crippen molar-refractivity contribution in [3.05, 3.63) is 82.1 Å². The van der Waals surface area contributed by atoms with Crippen molar-refractivity contribution in [2.75, 3.05) is 0 Å². The number of allylic oxidation sites excluding steroid dienone is 2. The summed E-state index contributed by atoms with van der Waals surface area (Å²) in [7, 11) is -2.33. The van der Waals surface area contributed by atoms with Gasteiger partial charge in [-0.15, -0.1) is 45.3 Å². The average Bonchev–Trinajstić information content (AvgIpc) is 4.16. The minimum Gasteiger partial charge on any atom is -0.253 e. The molecule has 0 spiro atoms. The van der Waals surface area contributed by atoms with E-state index in [4.69, 9.17) is 0 Å². The van der Waals surface area contributed by atoms with Crippen LogP contribution in [-0.2, 0) is 0 Å². The van der Waals surface area contributed by atoms with Crippen molar-refractivity contribution >= 4 is 120 Å². The van der Waals surface area contributed by atoms with Crippen LogP contribution in [-0.4, -0.2) is 28.0 Å². The predicted octanol–water partition coefficient (Wildman–Crippen LogP) is 14.6. The Labute approximate surface area is 396 Å². The third-order valence-electron chi connectivity index (χ3n) is 12.8. The first-order valence-electron chi connectivity index (χ1n) is 22.6. The van der Waals surface area contributed by atoms with Gasteiger partial charge in [0.15, 0.2) is 0 Å². The predicted molar refractivity (Wildman–Crippen MR) is 275 cm³/mol. The molecule has 2 aromatic carbocycles. The van der Waals surface area contributed by atoms with E-state index < -0.39 is 8.07 Å². The Balaban J connectivity index is 1.24. The second kappa shape index (κ2) is 19.7. The molecule has 0 bridgehead atoms. The molecule has 8 nitrogen and oxygen atoms in total. The third kappa shape index (κ3) is 8.57. The molecular formula is C52H46N8S4Si. The molecule has 6 aromatic heterocycles. The second-order valence-corrected chi connectivity index (χ2v) is 25.3. The molecule has 0 radical (unpaired) electrons. The zero-order chi connectivity index (χ0) is 44.9. The SMILES string of the molecule is CCCCCCCC[Si]1(CCCCCCCC)c2cc(-c3sc(C=C(C#N)C#N)c4cc5nccnc5cc34)sc2-c2sc(-c3sc(C=C(C#N)C#N)c4cc5nccnc5cc34)cc21. The largest absolute Gasteiger partial charge is 0.253 e. The van der Waals surface area contributed by atoms with Gasteiger partial charge in [0.25, 0.3) is 0 Å². The normalized spacial score (nSPS) is 12.5. The van der Waals surface area contributed by atoms with E-state index in [-0.39, 0.29) is 11.1 Å². The maximum atomic E-state index is 9.81. The molecule has 0 aliphatic carbocycles. The van der Waals surface area contributed by atoms with E-state index in [1.54, 1.807) is 70.0 Å². The van der Waals surface area contributed by atoms with E-state index in [1.807, 2.05) is 22.7 Å². The molecule has 0 N–H and O–H groups in total. The maximum Gasteiger partial charge on any atom is 0.131 e. The van der Waals surface area contributed by atoms with E-state index in [2.05, 4.69) is 94.5 Å². The maximum absolute atomic E-state index is 9.81. The lowest BCUT2D eigenvalue weighted by molar-refractivity contribution is 0.616. The van der Waals surface area contributed by atoms with Crippen LogP contribution >= 0.6 is 45.3 Å². The minimum absolute atomic E-state index is 0.0731. The van der Waals surface area contributed by atoms with Gasteiger partial charge in [-0.05, 0) is 71.0 Å². The number of rotatable bonds is 18. The molecule has 9 rings (SSSR count). The number of benzene rings is 2. The summed E-state index contributed by atoms with van der Waals surface area (Å²) in [4.78, 5) is 27.8. The molecule has 13 heteroatoms. The standard InChI is InChI=1S/C52H46N8S4Si/c1-3-5-7-9-11-13-19-65(20-14-12-10-8-6-4-2)47-27-45(49-37-25-41-39(57-15-17-59-41)23-35(37)43(61-49)21-33(29-53)30-54)63-51(47)52-48(65)28-46(64-52)50-38-26-42-40(58-16-18-60-42)24-36(38)44(62-50)22-34(31-55)32-56/h15-18,21-28H,3-14,19-20H2,1-2H3. The molecule has 0 amide bonds. The number of thiophene rings is 4. The highest BCUT2D eigenvalue weighted by Gasteiger charge is 2.47. The van der Waals surface area contributed by atoms with Crippen molar-refractivity contribution in [1.82, 2.24) is 19.9 Å². The highest BCUT2D eigenvalue weighted by molar-refractivity contribution is 7.34. The molecule has 0 saturated heterocycles. The summed E-state index contributed by atoms with van der Waals surface area (Å²) in [5.41, 5.74) is 3.33. The van der Waals surface area contributed by atoms with Gasteiger partial charge in [-0.1, -0.05) is 90.9 Å². The van der Waals surface area contributed by atoms with Crippen molar-refractivity contribution in [2.45, 2.75) is 103 Å². The smallest absolute Gasteiger partial charge is 0.131 e. The van der Waals surface area contributed by atoms with Crippen molar-refractivity contribution in [3.8, 4) is 53.5 Å². The monoisotopic (exact) mass is 938 g/mol. The van der Waals surface area contributed by atoms with Crippen molar-refractivity contribution < 1.29 is 0 Å². The van der Waals surface area contributed by atoms with Crippen LogP contribution in [0, 0.1) is 45.3 Å². The number of unbranched alkanes of at least 4 members (excludes halogenated alkanes) is 10. The Bertz CT molecular complexity index is 3080. The van der Waals surface area contributed by atoms with Gasteiger partial charge in [0, 0.05) is 75.6 Å². The summed E-state index contributed by atoms with van der Waals surface area (Å²) in [5.74, 6) is 0. The number of aromatic nitrogens is 4. The van der Waals surface area contributed by atoms with Gasteiger partial charge < -0.3 is 0 Å². The molecule has 322 valence electrons. The first kappa shape index (κ1) is 44.3. The van der Waals surface area contributed by atoms with Crippen LogP contribution in [0.25, 0.3) is 85.0 Å². The molecule has 1 aliphatic rings. The Kier molecular flexibility index (Phi) is 13.4. The van der Waals surface area contributed by atoms with Gasteiger partial charge in [0.2, 0.25) is 0 Å². The zero-order valence-corrected chi connectivity index (χ0v) is 40.8. The summed E-state index contributed by atoms with van der Waals surface area (Å²) in [6.45, 7) is 4.56. The zero-order valence-electron chi connectivity index (χ0n) is 36.5. The molecular weight excluding hydrogens is 893 g/mol. The number of hydrogen-bond acceptors (Lipinski definition) is 12. The van der Waals surface area contributed by atoms with E-state index in [0.29, 0.717) is 0 Å². The van der Waals surface area contributed by atoms with E-state index in [1.165, 1.54) is 109 Å². The van der Waals surface area contributed by atoms with Gasteiger partial charge in [-0.3, -0.25) is 19.9 Å². The topological polar surface area (TPSA) is 147 Å². The van der Waals surface area contributed by atoms with Gasteiger partial charge in [0.05, 0.1) is 31.8 Å². The summed E-state index contributed by atoms with van der Waals surface area (Å²) in [6, 6.07) is 24.2. The fraction of sp³-hybridized carbons (Fsp3) is 0.308. The third-order valence-corrected chi connectivity index (χ3v) is 23.5. The van der Waals surface area contributed by atoms with Crippen LogP contribution in [0.5, 0.6) is 0 Å². The van der Waals surface area contributed by atoms with Crippen LogP contribution in [0.3, 0.4) is 0 Å². The minimum atomic E-state index is -2.33. The van der Waals surface area contributed by atoms with Gasteiger partial charge >= 0.3 is 0 Å². The lowest BCUT2D eigenvalue weighted by atomic mass is 10.1. The summed E-state index contributed by atoms with van der Waals surface area (Å²) < 4.78 is 0. The first-order valence-corrected chi connectivity index (χ1v) is 28.3. The van der Waals surface area contributed by atoms with E-state index in [0.717, 1.165) is 63.1 Å².